The van der Waals surface area contributed by atoms with Crippen molar-refractivity contribution >= 4 is 90.5 Å². The molecule has 6 aromatic carbocycles. The number of sulfonamides is 1. The number of carboxylic acids is 1. The van der Waals surface area contributed by atoms with E-state index in [1.54, 1.807) is 103 Å². The van der Waals surface area contributed by atoms with Crippen LogP contribution in [0.2, 0.25) is 0 Å². The Kier molecular flexibility index (Phi) is 29.3. The number of carbonyl (C=O) groups excluding carboxylic acids is 9. The van der Waals surface area contributed by atoms with Crippen LogP contribution >= 0.6 is 0 Å². The largest absolute Gasteiger partial charge is 0.494 e. The number of ketones is 2. The van der Waals surface area contributed by atoms with Gasteiger partial charge in [0.1, 0.15) is 48.0 Å². The number of carbonyl (C=O) groups is 10. The molecule has 0 spiro atoms. The minimum atomic E-state index is -4.33. The Morgan fingerprint density at radius 1 is 0.600 bits per heavy atom. The molecule has 7 heterocycles. The standard InChI is InChI=1S/C86H110N12O16S/c1-52(87-9)77(102)91-75(85(3,4)5)82(107)96-48-58-18-15-16-36-113-67-31-25-54(26-32-67)38-63(79(104)94-115(111,112)37-17-35-99)45-73(100)69(42-56-23-29-59-19-11-13-21-61(59)40-56)90-81(106)72-47-66(50-97(72)83(108)76(86(6,7)8)92-78(103)53(2)88-10)98-49-65(93-95-98)51-114-68-33-27-55(28-34-68)39-64(84(109)110)46-74(101)70(89-80(105)71(96)44-58)43-57-24-30-60-20-12-14-22-62(60)41-57/h11-14,19-34,40-41,49,52-53,58,63-64,66,69-72,75-76,87-88,99H,15-18,35-39,42-48,50-51H2,1-10H3,(H,89,105)(H,90,106)(H,91,102)(H,92,103)(H,94,104)(H,109,110)/t52-,53-,58-,63+,64+,66-,69?,70-,71-,72-,75+,76+/m0/s1. The SMILES string of the molecule is CN[C@@H](C)C(=O)N[C@H](C(=O)N1C[C@@H]2C[C@H]1C(=O)NC(Cc1ccc3ccccc3c1)C(=O)C[C@H](C(=O)NS(=O)(=O)CCCO)Cc1ccc(cc1)OCCCC[C@H]1C[C@@H](C(=O)N[C@@H](Cc3ccc4ccccc4c3)C(=O)C[C@H](C(=O)O)Cc3ccc(cc3)OCc3cn2nn3)N(C(=O)[C@@H](NC(=O)[C@H](C)NC)C(C)(C)C)C1)C(C)(C)C. The molecule has 13 rings (SSSR count). The Balaban J connectivity index is 0.989. The topological polar surface area (TPSA) is 385 Å². The Morgan fingerprint density at radius 2 is 1.08 bits per heavy atom. The third-order valence-electron chi connectivity index (χ3n) is 22.1. The Hall–Kier alpha value is -10.5. The number of aromatic nitrogens is 3. The summed E-state index contributed by atoms with van der Waals surface area (Å²) < 4.78 is 43.0. The lowest BCUT2D eigenvalue weighted by Crippen LogP contribution is -2.60. The predicted molar refractivity (Wildman–Crippen MR) is 433 cm³/mol. The van der Waals surface area contributed by atoms with Gasteiger partial charge in [0.25, 0.3) is 0 Å². The van der Waals surface area contributed by atoms with Crippen LogP contribution in [-0.2, 0) is 90.3 Å². The Bertz CT molecular complexity index is 4750. The van der Waals surface area contributed by atoms with E-state index >= 15 is 28.8 Å². The van der Waals surface area contributed by atoms with E-state index in [1.165, 1.54) is 14.5 Å². The highest BCUT2D eigenvalue weighted by atomic mass is 32.2. The van der Waals surface area contributed by atoms with Gasteiger partial charge in [-0.25, -0.2) is 13.1 Å². The van der Waals surface area contributed by atoms with Crippen molar-refractivity contribution in [3.63, 3.8) is 0 Å². The molecular formula is C86H110N12O16S. The molecule has 2 fully saturated rings. The van der Waals surface area contributed by atoms with E-state index in [2.05, 4.69) is 46.9 Å². The summed E-state index contributed by atoms with van der Waals surface area (Å²) in [5, 5.41) is 50.5. The first-order chi connectivity index (χ1) is 54.7. The lowest BCUT2D eigenvalue weighted by molar-refractivity contribution is -0.145. The minimum absolute atomic E-state index is 0.00486. The number of hydrogen-bond acceptors (Lipinski definition) is 19. The van der Waals surface area contributed by atoms with Crippen molar-refractivity contribution in [3.05, 3.63) is 168 Å². The molecule has 0 radical (unpaired) electrons. The summed E-state index contributed by atoms with van der Waals surface area (Å²) in [5.74, 6) is -9.34. The van der Waals surface area contributed by atoms with Gasteiger partial charge in [0.2, 0.25) is 51.4 Å². The van der Waals surface area contributed by atoms with Gasteiger partial charge in [-0.2, -0.15) is 0 Å². The van der Waals surface area contributed by atoms with Crippen LogP contribution in [0.15, 0.2) is 140 Å². The summed E-state index contributed by atoms with van der Waals surface area (Å²) >= 11 is 0. The van der Waals surface area contributed by atoms with E-state index in [9.17, 15) is 37.8 Å². The molecule has 0 aliphatic carbocycles. The number of nitrogens with one attached hydrogen (secondary N) is 7. The molecule has 616 valence electrons. The zero-order valence-electron chi connectivity index (χ0n) is 67.2. The molecule has 6 aliphatic rings. The van der Waals surface area contributed by atoms with Gasteiger partial charge < -0.3 is 61.4 Å². The summed E-state index contributed by atoms with van der Waals surface area (Å²) in [7, 11) is -1.10. The molecule has 6 aliphatic heterocycles. The highest BCUT2D eigenvalue weighted by Gasteiger charge is 2.49. The number of likely N-dealkylation sites (N-methyl/N-ethyl adjacent to an activating group) is 2. The van der Waals surface area contributed by atoms with Crippen molar-refractivity contribution in [2.45, 2.75) is 193 Å². The normalized spacial score (nSPS) is 21.8. The molecule has 12 atom stereocenters. The number of benzene rings is 6. The van der Waals surface area contributed by atoms with Crippen molar-refractivity contribution in [2.24, 2.45) is 28.6 Å². The van der Waals surface area contributed by atoms with Crippen LogP contribution in [0.4, 0.5) is 0 Å². The highest BCUT2D eigenvalue weighted by Crippen LogP contribution is 2.35. The van der Waals surface area contributed by atoms with E-state index in [-0.39, 0.29) is 77.2 Å². The molecule has 9 N–H and O–H groups in total. The monoisotopic (exact) mass is 1600 g/mol. The fourth-order valence-electron chi connectivity index (χ4n) is 15.0. The van der Waals surface area contributed by atoms with Gasteiger partial charge in [0.05, 0.1) is 54.7 Å². The van der Waals surface area contributed by atoms with Crippen LogP contribution in [0.3, 0.4) is 0 Å². The van der Waals surface area contributed by atoms with Crippen molar-refractivity contribution in [2.75, 3.05) is 46.2 Å². The van der Waals surface area contributed by atoms with Gasteiger partial charge in [0.15, 0.2) is 11.6 Å². The Labute approximate surface area is 671 Å². The second kappa shape index (κ2) is 38.8. The number of Topliss-reactive ketones (excluding diaryl/α,β-unsaturated/α-hetero) is 2. The number of nitrogens with zero attached hydrogens (tertiary/aromatic N) is 5. The predicted octanol–water partition coefficient (Wildman–Crippen LogP) is 6.67. The van der Waals surface area contributed by atoms with Gasteiger partial charge in [-0.15, -0.1) is 5.10 Å². The number of aliphatic hydroxyl groups excluding tert-OH is 1. The molecule has 7 aromatic rings. The molecular weight excluding hydrogens is 1490 g/mol. The average molecular weight is 1600 g/mol. The fraction of sp³-hybridized carbons (Fsp3) is 0.488. The van der Waals surface area contributed by atoms with Crippen LogP contribution < -0.4 is 46.1 Å². The molecule has 1 aromatic heterocycles. The van der Waals surface area contributed by atoms with Crippen molar-refractivity contribution in [3.8, 4) is 11.5 Å². The van der Waals surface area contributed by atoms with Crippen molar-refractivity contribution in [1.29, 1.82) is 0 Å². The number of rotatable bonds is 18. The van der Waals surface area contributed by atoms with E-state index < -0.39 is 171 Å². The summed E-state index contributed by atoms with van der Waals surface area (Å²) in [4.78, 5) is 150. The first-order valence-electron chi connectivity index (χ1n) is 39.6. The molecule has 10 bridgehead atoms. The number of hydrogen-bond donors (Lipinski definition) is 9. The fourth-order valence-corrected chi connectivity index (χ4v) is 16.1. The summed E-state index contributed by atoms with van der Waals surface area (Å²) in [6.45, 7) is 13.8. The van der Waals surface area contributed by atoms with E-state index in [4.69, 9.17) is 9.47 Å². The Morgan fingerprint density at radius 3 is 1.57 bits per heavy atom. The van der Waals surface area contributed by atoms with Crippen LogP contribution in [0.5, 0.6) is 11.5 Å². The first kappa shape index (κ1) is 86.9. The van der Waals surface area contributed by atoms with E-state index in [0.717, 1.165) is 21.5 Å². The number of likely N-dealkylation sites (tertiary alicyclic amines) is 2. The van der Waals surface area contributed by atoms with Gasteiger partial charge in [-0.1, -0.05) is 156 Å². The van der Waals surface area contributed by atoms with Crippen LogP contribution in [0, 0.1) is 28.6 Å². The number of fused-ring (bicyclic) bond motifs is 2. The maximum Gasteiger partial charge on any atom is 0.307 e. The number of aliphatic carboxylic acids is 1. The smallest absolute Gasteiger partial charge is 0.307 e. The second-order valence-electron chi connectivity index (χ2n) is 33.0. The molecule has 1 unspecified atom stereocenters. The quantitative estimate of drug-likeness (QED) is 0.0433. The highest BCUT2D eigenvalue weighted by molar-refractivity contribution is 7.90. The van der Waals surface area contributed by atoms with E-state index in [1.807, 2.05) is 106 Å². The average Bonchev–Trinajstić information content (AvgIpc) is 1.66. The zero-order valence-corrected chi connectivity index (χ0v) is 68.0. The minimum Gasteiger partial charge on any atom is -0.494 e. The summed E-state index contributed by atoms with van der Waals surface area (Å²) in [6, 6.07) is 30.5. The van der Waals surface area contributed by atoms with Crippen LogP contribution in [-0.4, -0.2) is 197 Å². The molecule has 29 heteroatoms. The third kappa shape index (κ3) is 23.4. The van der Waals surface area contributed by atoms with Gasteiger partial charge in [0, 0.05) is 44.9 Å². The third-order valence-corrected chi connectivity index (χ3v) is 23.4. The maximum absolute atomic E-state index is 15.5. The second-order valence-corrected chi connectivity index (χ2v) is 34.8. The molecule has 0 saturated carbocycles. The molecule has 2 saturated heterocycles. The number of amides is 7. The lowest BCUT2D eigenvalue weighted by atomic mass is 9.85. The maximum atomic E-state index is 15.5. The van der Waals surface area contributed by atoms with Crippen molar-refractivity contribution < 1.29 is 76.0 Å². The molecule has 28 nitrogen and oxygen atoms in total. The molecule has 115 heavy (non-hydrogen) atoms. The number of aliphatic hydroxyl groups is 1. The first-order valence-corrected chi connectivity index (χ1v) is 41.2. The van der Waals surface area contributed by atoms with E-state index in [0.29, 0.717) is 58.7 Å². The molecule has 7 amide bonds. The lowest BCUT2D eigenvalue weighted by Gasteiger charge is -2.36. The van der Waals surface area contributed by atoms with Crippen LogP contribution in [0.25, 0.3) is 21.5 Å². The summed E-state index contributed by atoms with van der Waals surface area (Å²) in [5.41, 5.74) is 1.01. The number of ether oxygens (including phenoxy) is 2. The van der Waals surface area contributed by atoms with Gasteiger partial charge >= 0.3 is 5.97 Å². The summed E-state index contributed by atoms with van der Waals surface area (Å²) in [6.07, 6.45) is 1.81. The van der Waals surface area contributed by atoms with Gasteiger partial charge in [-0.05, 0) is 171 Å². The van der Waals surface area contributed by atoms with Crippen LogP contribution in [0.1, 0.15) is 141 Å². The zero-order chi connectivity index (χ0) is 83.1. The number of carboxylic acid groups (broad SMARTS) is 1. The van der Waals surface area contributed by atoms with Gasteiger partial charge in [-0.3, -0.25) is 52.7 Å². The van der Waals surface area contributed by atoms with Crippen molar-refractivity contribution in [1.82, 2.24) is 61.4 Å².